The molecule has 1 aliphatic heterocycles. The lowest BCUT2D eigenvalue weighted by molar-refractivity contribution is -0.00501. The maximum atomic E-state index is 5.56. The number of nitrogens with one attached hydrogen (secondary N) is 2. The lowest BCUT2D eigenvalue weighted by Crippen LogP contribution is -2.57. The van der Waals surface area contributed by atoms with Gasteiger partial charge in [0.05, 0.1) is 0 Å². The van der Waals surface area contributed by atoms with E-state index in [0.717, 1.165) is 45.1 Å². The Bertz CT molecular complexity index is 581. The van der Waals surface area contributed by atoms with Crippen LogP contribution >= 0.6 is 24.0 Å². The molecule has 146 valence electrons. The molecule has 0 atom stereocenters. The Morgan fingerprint density at radius 1 is 1.04 bits per heavy atom. The Balaban J connectivity index is 0.00000243. The lowest BCUT2D eigenvalue weighted by Gasteiger charge is -2.43. The van der Waals surface area contributed by atoms with Crippen LogP contribution in [0.3, 0.4) is 0 Å². The van der Waals surface area contributed by atoms with Crippen molar-refractivity contribution in [1.29, 1.82) is 0 Å². The molecule has 2 N–H and O–H groups in total. The standard InChI is InChI=1S/C20H32N4O.HI/c1-21-18(23-16-20(24(2)3)11-13-25-14-12-20)22-15-19(9-10-19)17-7-5-4-6-8-17;/h4-8H,9-16H2,1-3H3,(H2,21,22,23);1H. The van der Waals surface area contributed by atoms with Gasteiger partial charge in [-0.05, 0) is 45.3 Å². The molecule has 2 fully saturated rings. The average molecular weight is 472 g/mol. The van der Waals surface area contributed by atoms with Crippen LogP contribution in [0.15, 0.2) is 35.3 Å². The van der Waals surface area contributed by atoms with E-state index in [1.54, 1.807) is 0 Å². The summed E-state index contributed by atoms with van der Waals surface area (Å²) in [6.07, 6.45) is 4.61. The van der Waals surface area contributed by atoms with E-state index in [1.165, 1.54) is 18.4 Å². The average Bonchev–Trinajstić information content (AvgIpc) is 3.44. The smallest absolute Gasteiger partial charge is 0.191 e. The van der Waals surface area contributed by atoms with Crippen LogP contribution in [0.5, 0.6) is 0 Å². The summed E-state index contributed by atoms with van der Waals surface area (Å²) in [6.45, 7) is 3.50. The third kappa shape index (κ3) is 4.89. The Hall–Kier alpha value is -0.860. The van der Waals surface area contributed by atoms with Crippen molar-refractivity contribution in [3.05, 3.63) is 35.9 Å². The van der Waals surface area contributed by atoms with Gasteiger partial charge >= 0.3 is 0 Å². The summed E-state index contributed by atoms with van der Waals surface area (Å²) >= 11 is 0. The minimum atomic E-state index is 0. The monoisotopic (exact) mass is 472 g/mol. The normalized spacial score (nSPS) is 21.0. The minimum Gasteiger partial charge on any atom is -0.381 e. The number of nitrogens with zero attached hydrogens (tertiary/aromatic N) is 2. The third-order valence-corrected chi connectivity index (χ3v) is 6.01. The van der Waals surface area contributed by atoms with Gasteiger partial charge in [0.2, 0.25) is 0 Å². The molecule has 26 heavy (non-hydrogen) atoms. The molecule has 0 amide bonds. The summed E-state index contributed by atoms with van der Waals surface area (Å²) in [5, 5.41) is 7.11. The van der Waals surface area contributed by atoms with E-state index in [2.05, 4.69) is 65.0 Å². The molecule has 1 aromatic rings. The largest absolute Gasteiger partial charge is 0.381 e. The van der Waals surface area contributed by atoms with Crippen molar-refractivity contribution < 1.29 is 4.74 Å². The highest BCUT2D eigenvalue weighted by molar-refractivity contribution is 14.0. The molecule has 0 bridgehead atoms. The Morgan fingerprint density at radius 3 is 2.19 bits per heavy atom. The van der Waals surface area contributed by atoms with E-state index in [1.807, 2.05) is 7.05 Å². The van der Waals surface area contributed by atoms with Crippen LogP contribution in [0.1, 0.15) is 31.2 Å². The van der Waals surface area contributed by atoms with Gasteiger partial charge < -0.3 is 20.3 Å². The van der Waals surface area contributed by atoms with Crippen LogP contribution in [0.4, 0.5) is 0 Å². The van der Waals surface area contributed by atoms with Crippen molar-refractivity contribution in [1.82, 2.24) is 15.5 Å². The number of aliphatic imine (C=N–C) groups is 1. The molecule has 0 radical (unpaired) electrons. The van der Waals surface area contributed by atoms with Gasteiger partial charge in [0.15, 0.2) is 5.96 Å². The molecule has 1 aromatic carbocycles. The van der Waals surface area contributed by atoms with Crippen molar-refractivity contribution >= 4 is 29.9 Å². The van der Waals surface area contributed by atoms with Gasteiger partial charge in [0.1, 0.15) is 0 Å². The van der Waals surface area contributed by atoms with Gasteiger partial charge in [0.25, 0.3) is 0 Å². The number of halogens is 1. The Labute approximate surface area is 175 Å². The summed E-state index contributed by atoms with van der Waals surface area (Å²) in [5.41, 5.74) is 1.87. The number of hydrogen-bond acceptors (Lipinski definition) is 3. The first-order valence-corrected chi connectivity index (χ1v) is 9.36. The highest BCUT2D eigenvalue weighted by atomic mass is 127. The fraction of sp³-hybridized carbons (Fsp3) is 0.650. The molecular weight excluding hydrogens is 439 g/mol. The van der Waals surface area contributed by atoms with E-state index in [-0.39, 0.29) is 34.9 Å². The molecule has 2 aliphatic rings. The first-order chi connectivity index (χ1) is 12.1. The van der Waals surface area contributed by atoms with Crippen LogP contribution in [-0.2, 0) is 10.2 Å². The molecular formula is C20H33IN4O. The van der Waals surface area contributed by atoms with Crippen molar-refractivity contribution in [3.63, 3.8) is 0 Å². The maximum Gasteiger partial charge on any atom is 0.191 e. The zero-order valence-electron chi connectivity index (χ0n) is 16.3. The van der Waals surface area contributed by atoms with E-state index in [4.69, 9.17) is 4.74 Å². The second kappa shape index (κ2) is 9.37. The van der Waals surface area contributed by atoms with E-state index < -0.39 is 0 Å². The summed E-state index contributed by atoms with van der Waals surface area (Å²) < 4.78 is 5.56. The van der Waals surface area contributed by atoms with Crippen LogP contribution in [0.2, 0.25) is 0 Å². The number of benzene rings is 1. The Morgan fingerprint density at radius 2 is 1.65 bits per heavy atom. The fourth-order valence-electron chi connectivity index (χ4n) is 3.77. The van der Waals surface area contributed by atoms with E-state index in [9.17, 15) is 0 Å². The van der Waals surface area contributed by atoms with Gasteiger partial charge in [-0.25, -0.2) is 0 Å². The van der Waals surface area contributed by atoms with Crippen LogP contribution in [-0.4, -0.2) is 63.8 Å². The predicted molar refractivity (Wildman–Crippen MR) is 119 cm³/mol. The van der Waals surface area contributed by atoms with Crippen molar-refractivity contribution in [2.24, 2.45) is 4.99 Å². The number of rotatable bonds is 6. The quantitative estimate of drug-likeness (QED) is 0.380. The molecule has 1 saturated heterocycles. The fourth-order valence-corrected chi connectivity index (χ4v) is 3.77. The number of likely N-dealkylation sites (N-methyl/N-ethyl adjacent to an activating group) is 1. The van der Waals surface area contributed by atoms with Crippen molar-refractivity contribution in [3.8, 4) is 0 Å². The third-order valence-electron chi connectivity index (χ3n) is 6.01. The number of ether oxygens (including phenoxy) is 1. The zero-order valence-corrected chi connectivity index (χ0v) is 18.6. The first kappa shape index (κ1) is 21.4. The van der Waals surface area contributed by atoms with Gasteiger partial charge in [-0.1, -0.05) is 30.3 Å². The molecule has 1 aliphatic carbocycles. The SMILES string of the molecule is CN=C(NCC1(c2ccccc2)CC1)NCC1(N(C)C)CCOCC1.I. The Kier molecular flexibility index (Phi) is 7.73. The molecule has 0 unspecified atom stereocenters. The summed E-state index contributed by atoms with van der Waals surface area (Å²) in [7, 11) is 6.18. The number of hydrogen-bond donors (Lipinski definition) is 2. The lowest BCUT2D eigenvalue weighted by atomic mass is 9.88. The summed E-state index contributed by atoms with van der Waals surface area (Å²) in [6, 6.07) is 10.8. The van der Waals surface area contributed by atoms with Crippen molar-refractivity contribution in [2.45, 2.75) is 36.6 Å². The summed E-state index contributed by atoms with van der Waals surface area (Å²) in [5.74, 6) is 0.898. The molecule has 1 saturated carbocycles. The van der Waals surface area contributed by atoms with Gasteiger partial charge in [-0.3, -0.25) is 4.99 Å². The van der Waals surface area contributed by atoms with E-state index in [0.29, 0.717) is 0 Å². The van der Waals surface area contributed by atoms with Gasteiger partial charge in [-0.2, -0.15) is 0 Å². The topological polar surface area (TPSA) is 48.9 Å². The number of guanidine groups is 1. The highest BCUT2D eigenvalue weighted by Crippen LogP contribution is 2.47. The molecule has 5 nitrogen and oxygen atoms in total. The van der Waals surface area contributed by atoms with E-state index >= 15 is 0 Å². The van der Waals surface area contributed by atoms with Crippen LogP contribution in [0.25, 0.3) is 0 Å². The van der Waals surface area contributed by atoms with Gasteiger partial charge in [-0.15, -0.1) is 24.0 Å². The maximum absolute atomic E-state index is 5.56. The zero-order chi connectivity index (χ0) is 17.8. The second-order valence-electron chi connectivity index (χ2n) is 7.66. The van der Waals surface area contributed by atoms with Gasteiger partial charge in [0, 0.05) is 44.3 Å². The predicted octanol–water partition coefficient (Wildman–Crippen LogP) is 2.61. The first-order valence-electron chi connectivity index (χ1n) is 9.36. The summed E-state index contributed by atoms with van der Waals surface area (Å²) in [4.78, 5) is 6.77. The highest BCUT2D eigenvalue weighted by Gasteiger charge is 2.44. The molecule has 0 spiro atoms. The minimum absolute atomic E-state index is 0. The molecule has 3 rings (SSSR count). The molecule has 0 aromatic heterocycles. The molecule has 1 heterocycles. The van der Waals surface area contributed by atoms with Crippen molar-refractivity contribution in [2.75, 3.05) is 47.4 Å². The van der Waals surface area contributed by atoms with Crippen LogP contribution < -0.4 is 10.6 Å². The second-order valence-corrected chi connectivity index (χ2v) is 7.66. The van der Waals surface area contributed by atoms with Crippen LogP contribution in [0, 0.1) is 0 Å². The molecule has 6 heteroatoms.